The Hall–Kier alpha value is -4.88. The van der Waals surface area contributed by atoms with Crippen molar-refractivity contribution in [1.82, 2.24) is 10.4 Å². The first-order valence-electron chi connectivity index (χ1n) is 13.3. The van der Waals surface area contributed by atoms with Crippen LogP contribution in [0.5, 0.6) is 11.5 Å². The molecule has 0 fully saturated rings. The number of ether oxygens (including phenoxy) is 2. The SMILES string of the molecule is CCOc1cc(C=NNC(=O)c2[nH]c3c(CC)cccc3c2-c2ccccc2)ccc1OC(=O)c1ccccc1Cl. The number of hydrazone groups is 1. The van der Waals surface area contributed by atoms with Gasteiger partial charge >= 0.3 is 5.97 Å². The largest absolute Gasteiger partial charge is 0.490 e. The highest BCUT2D eigenvalue weighted by Gasteiger charge is 2.20. The van der Waals surface area contributed by atoms with Crippen LogP contribution >= 0.6 is 11.6 Å². The molecule has 2 N–H and O–H groups in total. The number of carbonyl (C=O) groups is 2. The van der Waals surface area contributed by atoms with Crippen LogP contribution in [-0.2, 0) is 6.42 Å². The number of nitrogens with zero attached hydrogens (tertiary/aromatic N) is 1. The maximum atomic E-state index is 13.4. The highest BCUT2D eigenvalue weighted by Crippen LogP contribution is 2.34. The lowest BCUT2D eigenvalue weighted by Crippen LogP contribution is -2.19. The van der Waals surface area contributed by atoms with E-state index >= 15 is 0 Å². The summed E-state index contributed by atoms with van der Waals surface area (Å²) in [6, 6.07) is 27.5. The van der Waals surface area contributed by atoms with Gasteiger partial charge in [-0.3, -0.25) is 4.79 Å². The Morgan fingerprint density at radius 1 is 0.927 bits per heavy atom. The molecular formula is C33H28ClN3O4. The molecule has 8 heteroatoms. The highest BCUT2D eigenvalue weighted by molar-refractivity contribution is 6.33. The molecule has 1 amide bonds. The van der Waals surface area contributed by atoms with Gasteiger partial charge in [0.2, 0.25) is 0 Å². The normalized spacial score (nSPS) is 11.1. The first-order chi connectivity index (χ1) is 20.0. The number of para-hydroxylation sites is 1. The van der Waals surface area contributed by atoms with Crippen LogP contribution in [0.25, 0.3) is 22.0 Å². The number of carbonyl (C=O) groups excluding carboxylic acids is 2. The Labute approximate surface area is 242 Å². The fourth-order valence-corrected chi connectivity index (χ4v) is 4.82. The zero-order chi connectivity index (χ0) is 28.8. The molecule has 0 saturated carbocycles. The monoisotopic (exact) mass is 565 g/mol. The van der Waals surface area contributed by atoms with Gasteiger partial charge < -0.3 is 14.5 Å². The van der Waals surface area contributed by atoms with Crippen LogP contribution in [0.1, 0.15) is 45.8 Å². The number of aryl methyl sites for hydroxylation is 1. The Morgan fingerprint density at radius 3 is 2.46 bits per heavy atom. The maximum Gasteiger partial charge on any atom is 0.345 e. The minimum atomic E-state index is -0.594. The van der Waals surface area contributed by atoms with Crippen molar-refractivity contribution in [2.75, 3.05) is 6.61 Å². The second-order valence-corrected chi connectivity index (χ2v) is 9.55. The molecule has 0 aliphatic rings. The number of amides is 1. The summed E-state index contributed by atoms with van der Waals surface area (Å²) in [5.41, 5.74) is 7.79. The Kier molecular flexibility index (Phi) is 8.46. The van der Waals surface area contributed by atoms with Crippen LogP contribution in [0.4, 0.5) is 0 Å². The summed E-state index contributed by atoms with van der Waals surface area (Å²) >= 11 is 6.13. The van der Waals surface area contributed by atoms with Crippen molar-refractivity contribution in [2.24, 2.45) is 5.10 Å². The number of fused-ring (bicyclic) bond motifs is 1. The number of rotatable bonds is 9. The van der Waals surface area contributed by atoms with Crippen molar-refractivity contribution < 1.29 is 19.1 Å². The molecule has 1 heterocycles. The molecule has 0 bridgehead atoms. The first kappa shape index (κ1) is 27.7. The standard InChI is InChI=1S/C33H28ClN3O4/c1-3-22-13-10-15-25-29(23-11-6-5-7-12-23)31(36-30(22)25)32(38)37-35-20-21-17-18-27(28(19-21)40-4-2)41-33(39)24-14-8-9-16-26(24)34/h5-20,36H,3-4H2,1-2H3,(H,37,38). The highest BCUT2D eigenvalue weighted by atomic mass is 35.5. The number of aromatic nitrogens is 1. The predicted octanol–water partition coefficient (Wildman–Crippen LogP) is 7.43. The van der Waals surface area contributed by atoms with Crippen LogP contribution < -0.4 is 14.9 Å². The zero-order valence-electron chi connectivity index (χ0n) is 22.6. The molecule has 0 saturated heterocycles. The Bertz CT molecular complexity index is 1740. The van der Waals surface area contributed by atoms with Crippen molar-refractivity contribution in [3.63, 3.8) is 0 Å². The van der Waals surface area contributed by atoms with Gasteiger partial charge in [0.15, 0.2) is 11.5 Å². The molecule has 0 aliphatic heterocycles. The van der Waals surface area contributed by atoms with Gasteiger partial charge in [0.05, 0.1) is 23.4 Å². The lowest BCUT2D eigenvalue weighted by atomic mass is 10.00. The van der Waals surface area contributed by atoms with Gasteiger partial charge in [-0.1, -0.05) is 79.2 Å². The van der Waals surface area contributed by atoms with Crippen molar-refractivity contribution in [3.8, 4) is 22.6 Å². The fourth-order valence-electron chi connectivity index (χ4n) is 4.61. The Balaban J connectivity index is 1.38. The number of hydrogen-bond acceptors (Lipinski definition) is 5. The maximum absolute atomic E-state index is 13.4. The number of nitrogens with one attached hydrogen (secondary N) is 2. The summed E-state index contributed by atoms with van der Waals surface area (Å²) < 4.78 is 11.3. The van der Waals surface area contributed by atoms with Crippen LogP contribution in [-0.4, -0.2) is 29.7 Å². The number of esters is 1. The number of benzene rings is 4. The molecule has 0 radical (unpaired) electrons. The molecule has 0 unspecified atom stereocenters. The molecule has 0 aliphatic carbocycles. The summed E-state index contributed by atoms with van der Waals surface area (Å²) in [6.45, 7) is 4.27. The van der Waals surface area contributed by atoms with Gasteiger partial charge in [0.25, 0.3) is 5.91 Å². The van der Waals surface area contributed by atoms with Gasteiger partial charge in [-0.25, -0.2) is 10.2 Å². The molecule has 5 aromatic rings. The minimum absolute atomic E-state index is 0.246. The minimum Gasteiger partial charge on any atom is -0.490 e. The van der Waals surface area contributed by atoms with Crippen molar-refractivity contribution in [2.45, 2.75) is 20.3 Å². The predicted molar refractivity (Wildman–Crippen MR) is 162 cm³/mol. The molecule has 41 heavy (non-hydrogen) atoms. The molecule has 4 aromatic carbocycles. The third-order valence-electron chi connectivity index (χ3n) is 6.53. The fraction of sp³-hybridized carbons (Fsp3) is 0.121. The van der Waals surface area contributed by atoms with Gasteiger partial charge in [0, 0.05) is 16.5 Å². The molecule has 1 aromatic heterocycles. The average Bonchev–Trinajstić information content (AvgIpc) is 3.39. The Morgan fingerprint density at radius 2 is 1.71 bits per heavy atom. The summed E-state index contributed by atoms with van der Waals surface area (Å²) in [7, 11) is 0. The third-order valence-corrected chi connectivity index (χ3v) is 6.86. The van der Waals surface area contributed by atoms with Gasteiger partial charge in [-0.15, -0.1) is 0 Å². The van der Waals surface area contributed by atoms with Gasteiger partial charge in [0.1, 0.15) is 5.69 Å². The third kappa shape index (κ3) is 6.00. The smallest absolute Gasteiger partial charge is 0.345 e. The lowest BCUT2D eigenvalue weighted by Gasteiger charge is -2.12. The molecule has 5 rings (SSSR count). The second kappa shape index (κ2) is 12.5. The molecule has 0 atom stereocenters. The van der Waals surface area contributed by atoms with Crippen molar-refractivity contribution in [1.29, 1.82) is 0 Å². The van der Waals surface area contributed by atoms with E-state index < -0.39 is 5.97 Å². The van der Waals surface area contributed by atoms with Crippen LogP contribution in [0, 0.1) is 0 Å². The van der Waals surface area contributed by atoms with E-state index in [0.29, 0.717) is 28.6 Å². The van der Waals surface area contributed by atoms with Crippen LogP contribution in [0.15, 0.2) is 96.1 Å². The van der Waals surface area contributed by atoms with E-state index in [1.165, 1.54) is 6.21 Å². The number of H-pyrrole nitrogens is 1. The van der Waals surface area contributed by atoms with E-state index in [-0.39, 0.29) is 17.2 Å². The molecule has 206 valence electrons. The van der Waals surface area contributed by atoms with Crippen molar-refractivity contribution in [3.05, 3.63) is 118 Å². The molecular weight excluding hydrogens is 538 g/mol. The average molecular weight is 566 g/mol. The van der Waals surface area contributed by atoms with E-state index in [1.54, 1.807) is 42.5 Å². The summed E-state index contributed by atoms with van der Waals surface area (Å²) in [6.07, 6.45) is 2.33. The van der Waals surface area contributed by atoms with E-state index in [2.05, 4.69) is 28.5 Å². The lowest BCUT2D eigenvalue weighted by molar-refractivity contribution is 0.0728. The van der Waals surface area contributed by atoms with Gasteiger partial charge in [-0.05, 0) is 60.4 Å². The zero-order valence-corrected chi connectivity index (χ0v) is 23.4. The van der Waals surface area contributed by atoms with Crippen molar-refractivity contribution >= 4 is 40.6 Å². The molecule has 0 spiro atoms. The summed E-state index contributed by atoms with van der Waals surface area (Å²) in [5, 5.41) is 5.47. The van der Waals surface area contributed by atoms with E-state index in [1.807, 2.05) is 49.4 Å². The van der Waals surface area contributed by atoms with Crippen LogP contribution in [0.2, 0.25) is 5.02 Å². The number of aromatic amines is 1. The van der Waals surface area contributed by atoms with E-state index in [4.69, 9.17) is 21.1 Å². The number of halogens is 1. The van der Waals surface area contributed by atoms with Crippen LogP contribution in [0.3, 0.4) is 0 Å². The van der Waals surface area contributed by atoms with Gasteiger partial charge in [-0.2, -0.15) is 5.10 Å². The topological polar surface area (TPSA) is 92.8 Å². The first-order valence-corrected chi connectivity index (χ1v) is 13.6. The quantitative estimate of drug-likeness (QED) is 0.0841. The summed E-state index contributed by atoms with van der Waals surface area (Å²) in [5.74, 6) is -0.356. The van der Waals surface area contributed by atoms with E-state index in [0.717, 1.165) is 34.0 Å². The molecule has 7 nitrogen and oxygen atoms in total. The van der Waals surface area contributed by atoms with E-state index in [9.17, 15) is 9.59 Å². The number of hydrogen-bond donors (Lipinski definition) is 2. The summed E-state index contributed by atoms with van der Waals surface area (Å²) in [4.78, 5) is 29.3. The second-order valence-electron chi connectivity index (χ2n) is 9.14.